The van der Waals surface area contributed by atoms with Crippen LogP contribution in [0, 0.1) is 29.1 Å². The van der Waals surface area contributed by atoms with Crippen LogP contribution in [0.2, 0.25) is 0 Å². The van der Waals surface area contributed by atoms with Gasteiger partial charge in [-0.15, -0.1) is 0 Å². The van der Waals surface area contributed by atoms with Crippen LogP contribution >= 0.6 is 0 Å². The summed E-state index contributed by atoms with van der Waals surface area (Å²) in [5.74, 6) is -12.3. The third-order valence-electron chi connectivity index (χ3n) is 6.57. The van der Waals surface area contributed by atoms with Gasteiger partial charge < -0.3 is 9.80 Å². The number of nitrogens with two attached hydrogens (primary N) is 1. The van der Waals surface area contributed by atoms with Crippen molar-refractivity contribution < 1.29 is 35.2 Å². The normalized spacial score (nSPS) is 15.0. The Morgan fingerprint density at radius 1 is 0.842 bits per heavy atom. The lowest BCUT2D eigenvalue weighted by molar-refractivity contribution is 0.0949. The Kier molecular flexibility index (Phi) is 8.14. The van der Waals surface area contributed by atoms with E-state index in [0.717, 1.165) is 10.5 Å². The molecule has 0 saturated carbocycles. The number of primary sulfonamides is 1. The molecule has 12 heteroatoms. The standard InChI is InChI=1S/C26H24F5N3O3S/c27-21-20(22(28)24(30)25(31)23(21)29)26(35)34(17-4-2-1-3-5-17)18-11-14-33(15-12-18)13-10-16-6-8-19(9-7-16)38(32,36)37/h1-9,18H,10-15H2,(H2,32,36,37). The second kappa shape index (κ2) is 11.2. The van der Waals surface area contributed by atoms with Gasteiger partial charge in [0.05, 0.1) is 4.90 Å². The second-order valence-corrected chi connectivity index (χ2v) is 10.5. The summed E-state index contributed by atoms with van der Waals surface area (Å²) in [7, 11) is -3.78. The van der Waals surface area contributed by atoms with Gasteiger partial charge in [-0.25, -0.2) is 35.5 Å². The molecule has 1 heterocycles. The molecule has 3 aromatic rings. The molecule has 0 bridgehead atoms. The Bertz CT molecular complexity index is 1400. The van der Waals surface area contributed by atoms with E-state index in [0.29, 0.717) is 38.9 Å². The molecule has 1 saturated heterocycles. The van der Waals surface area contributed by atoms with Crippen molar-refractivity contribution in [3.05, 3.63) is 94.8 Å². The Morgan fingerprint density at radius 3 is 1.89 bits per heavy atom. The van der Waals surface area contributed by atoms with E-state index < -0.39 is 56.6 Å². The van der Waals surface area contributed by atoms with Crippen LogP contribution in [0.4, 0.5) is 27.6 Å². The Hall–Kier alpha value is -3.35. The van der Waals surface area contributed by atoms with E-state index in [2.05, 4.69) is 4.90 Å². The minimum absolute atomic E-state index is 0.0153. The van der Waals surface area contributed by atoms with Gasteiger partial charge in [-0.2, -0.15) is 0 Å². The van der Waals surface area contributed by atoms with E-state index in [1.165, 1.54) is 24.3 Å². The number of amides is 1. The smallest absolute Gasteiger partial charge is 0.264 e. The summed E-state index contributed by atoms with van der Waals surface area (Å²) in [4.78, 5) is 16.5. The van der Waals surface area contributed by atoms with Crippen molar-refractivity contribution in [1.29, 1.82) is 0 Å². The molecule has 2 N–H and O–H groups in total. The number of benzene rings is 3. The molecule has 3 aromatic carbocycles. The van der Waals surface area contributed by atoms with Crippen LogP contribution in [0.3, 0.4) is 0 Å². The topological polar surface area (TPSA) is 83.7 Å². The fourth-order valence-electron chi connectivity index (χ4n) is 4.53. The zero-order valence-electron chi connectivity index (χ0n) is 20.0. The van der Waals surface area contributed by atoms with Crippen LogP contribution in [-0.4, -0.2) is 44.9 Å². The monoisotopic (exact) mass is 553 g/mol. The van der Waals surface area contributed by atoms with Crippen molar-refractivity contribution in [2.45, 2.75) is 30.2 Å². The van der Waals surface area contributed by atoms with Crippen LogP contribution in [-0.2, 0) is 16.4 Å². The lowest BCUT2D eigenvalue weighted by atomic mass is 9.99. The SMILES string of the molecule is NS(=O)(=O)c1ccc(CCN2CCC(N(C(=O)c3c(F)c(F)c(F)c(F)c3F)c3ccccc3)CC2)cc1. The number of hydrogen-bond acceptors (Lipinski definition) is 4. The minimum atomic E-state index is -3.78. The number of rotatable bonds is 7. The molecule has 0 unspecified atom stereocenters. The van der Waals surface area contributed by atoms with Crippen molar-refractivity contribution in [1.82, 2.24) is 4.90 Å². The third kappa shape index (κ3) is 5.71. The first kappa shape index (κ1) is 27.7. The minimum Gasteiger partial charge on any atom is -0.305 e. The highest BCUT2D eigenvalue weighted by atomic mass is 32.2. The lowest BCUT2D eigenvalue weighted by Gasteiger charge is -2.38. The van der Waals surface area contributed by atoms with E-state index in [-0.39, 0.29) is 10.6 Å². The van der Waals surface area contributed by atoms with Crippen molar-refractivity contribution in [3.8, 4) is 0 Å². The molecule has 38 heavy (non-hydrogen) atoms. The number of para-hydroxylation sites is 1. The number of anilines is 1. The number of nitrogens with zero attached hydrogens (tertiary/aromatic N) is 2. The van der Waals surface area contributed by atoms with Gasteiger partial charge in [0.15, 0.2) is 23.3 Å². The molecule has 0 atom stereocenters. The summed E-state index contributed by atoms with van der Waals surface area (Å²) in [5.41, 5.74) is -0.322. The predicted molar refractivity (Wildman–Crippen MR) is 130 cm³/mol. The molecular formula is C26H24F5N3O3S. The molecule has 0 spiro atoms. The van der Waals surface area contributed by atoms with E-state index in [4.69, 9.17) is 5.14 Å². The van der Waals surface area contributed by atoms with Gasteiger partial charge in [-0.3, -0.25) is 4.79 Å². The largest absolute Gasteiger partial charge is 0.305 e. The first-order valence-corrected chi connectivity index (χ1v) is 13.3. The number of carbonyl (C=O) groups excluding carboxylic acids is 1. The molecule has 1 amide bonds. The molecule has 0 radical (unpaired) electrons. The summed E-state index contributed by atoms with van der Waals surface area (Å²) in [6.45, 7) is 1.64. The van der Waals surface area contributed by atoms with Gasteiger partial charge >= 0.3 is 0 Å². The summed E-state index contributed by atoms with van der Waals surface area (Å²) in [6.07, 6.45) is 1.39. The predicted octanol–water partition coefficient (Wildman–Crippen LogP) is 4.38. The zero-order valence-corrected chi connectivity index (χ0v) is 20.8. The van der Waals surface area contributed by atoms with Gasteiger partial charge in [0.25, 0.3) is 5.91 Å². The average Bonchev–Trinajstić information content (AvgIpc) is 2.91. The van der Waals surface area contributed by atoms with Gasteiger partial charge in [-0.1, -0.05) is 30.3 Å². The number of sulfonamides is 1. The Morgan fingerprint density at radius 2 is 1.37 bits per heavy atom. The summed E-state index contributed by atoms with van der Waals surface area (Å²) in [6, 6.07) is 13.6. The maximum absolute atomic E-state index is 14.5. The Labute approximate surface area is 216 Å². The second-order valence-electron chi connectivity index (χ2n) is 8.97. The van der Waals surface area contributed by atoms with Crippen molar-refractivity contribution in [2.75, 3.05) is 24.5 Å². The van der Waals surface area contributed by atoms with E-state index >= 15 is 0 Å². The highest BCUT2D eigenvalue weighted by molar-refractivity contribution is 7.89. The molecule has 1 aliphatic rings. The molecule has 0 aromatic heterocycles. The number of carbonyl (C=O) groups is 1. The lowest BCUT2D eigenvalue weighted by Crippen LogP contribution is -2.48. The third-order valence-corrected chi connectivity index (χ3v) is 7.50. The zero-order chi connectivity index (χ0) is 27.6. The van der Waals surface area contributed by atoms with Crippen LogP contribution in [0.1, 0.15) is 28.8 Å². The molecule has 6 nitrogen and oxygen atoms in total. The first-order valence-electron chi connectivity index (χ1n) is 11.7. The molecule has 4 rings (SSSR count). The molecule has 1 aliphatic heterocycles. The molecule has 1 fully saturated rings. The van der Waals surface area contributed by atoms with Gasteiger partial charge in [0, 0.05) is 31.4 Å². The van der Waals surface area contributed by atoms with Crippen LogP contribution in [0.5, 0.6) is 0 Å². The Balaban J connectivity index is 1.50. The van der Waals surface area contributed by atoms with E-state index in [1.807, 2.05) is 0 Å². The van der Waals surface area contributed by atoms with Gasteiger partial charge in [0.1, 0.15) is 5.56 Å². The quantitative estimate of drug-likeness (QED) is 0.267. The van der Waals surface area contributed by atoms with Crippen LogP contribution in [0.25, 0.3) is 0 Å². The summed E-state index contributed by atoms with van der Waals surface area (Å²) in [5, 5.41) is 5.11. The molecule has 202 valence electrons. The van der Waals surface area contributed by atoms with Crippen LogP contribution < -0.4 is 10.0 Å². The van der Waals surface area contributed by atoms with Gasteiger partial charge in [0.2, 0.25) is 15.8 Å². The van der Waals surface area contributed by atoms with Gasteiger partial charge in [-0.05, 0) is 49.1 Å². The van der Waals surface area contributed by atoms with E-state index in [9.17, 15) is 35.2 Å². The summed E-state index contributed by atoms with van der Waals surface area (Å²) >= 11 is 0. The van der Waals surface area contributed by atoms with Crippen molar-refractivity contribution in [2.24, 2.45) is 5.14 Å². The fraction of sp³-hybridized carbons (Fsp3) is 0.269. The first-order chi connectivity index (χ1) is 18.0. The number of likely N-dealkylation sites (tertiary alicyclic amines) is 1. The maximum atomic E-state index is 14.5. The number of halogens is 5. The molecular weight excluding hydrogens is 529 g/mol. The highest BCUT2D eigenvalue weighted by Crippen LogP contribution is 2.30. The van der Waals surface area contributed by atoms with Crippen molar-refractivity contribution in [3.63, 3.8) is 0 Å². The van der Waals surface area contributed by atoms with Crippen molar-refractivity contribution >= 4 is 21.6 Å². The van der Waals surface area contributed by atoms with Crippen LogP contribution in [0.15, 0.2) is 59.5 Å². The maximum Gasteiger partial charge on any atom is 0.264 e. The average molecular weight is 554 g/mol. The summed E-state index contributed by atoms with van der Waals surface area (Å²) < 4.78 is 93.1. The fourth-order valence-corrected chi connectivity index (χ4v) is 5.05. The van der Waals surface area contributed by atoms with E-state index in [1.54, 1.807) is 30.3 Å². The number of piperidine rings is 1. The number of hydrogen-bond donors (Lipinski definition) is 1. The highest BCUT2D eigenvalue weighted by Gasteiger charge is 2.36. The molecule has 0 aliphatic carbocycles.